The van der Waals surface area contributed by atoms with E-state index in [1.807, 2.05) is 30.3 Å². The summed E-state index contributed by atoms with van der Waals surface area (Å²) in [6.45, 7) is 8.36. The average molecular weight is 593 g/mol. The summed E-state index contributed by atoms with van der Waals surface area (Å²) in [6, 6.07) is 13.6. The fourth-order valence-electron chi connectivity index (χ4n) is 5.17. The quantitative estimate of drug-likeness (QED) is 0.456. The number of piperidine rings is 1. The molecule has 12 nitrogen and oxygen atoms in total. The van der Waals surface area contributed by atoms with Crippen LogP contribution in [0, 0.1) is 5.41 Å². The molecule has 1 aromatic carbocycles. The molecule has 2 aliphatic heterocycles. The first-order valence-electron chi connectivity index (χ1n) is 14.2. The number of likely N-dealkylation sites (tertiary alicyclic amines) is 1. The number of benzene rings is 1. The van der Waals surface area contributed by atoms with Gasteiger partial charge >= 0.3 is 6.09 Å². The van der Waals surface area contributed by atoms with E-state index in [-0.39, 0.29) is 24.9 Å². The van der Waals surface area contributed by atoms with Crippen molar-refractivity contribution in [3.63, 3.8) is 0 Å². The fraction of sp³-hybridized carbons (Fsp3) is 0.484. The molecule has 1 saturated heterocycles. The molecule has 43 heavy (non-hydrogen) atoms. The second-order valence-electron chi connectivity index (χ2n) is 12.4. The highest BCUT2D eigenvalue weighted by molar-refractivity contribution is 6.13. The van der Waals surface area contributed by atoms with Crippen LogP contribution in [-0.4, -0.2) is 88.3 Å². The summed E-state index contributed by atoms with van der Waals surface area (Å²) in [6.07, 6.45) is 1.57. The van der Waals surface area contributed by atoms with Crippen LogP contribution < -0.4 is 15.4 Å². The predicted octanol–water partition coefficient (Wildman–Crippen LogP) is 2.54. The van der Waals surface area contributed by atoms with Crippen LogP contribution in [0.15, 0.2) is 59.8 Å². The second-order valence-corrected chi connectivity index (χ2v) is 12.4. The molecular weight excluding hydrogens is 552 g/mol. The minimum absolute atomic E-state index is 0.0955. The number of alkyl carbamates (subject to hydrolysis) is 1. The van der Waals surface area contributed by atoms with E-state index in [1.54, 1.807) is 57.1 Å². The Hall–Kier alpha value is -4.48. The molecule has 1 unspecified atom stereocenters. The van der Waals surface area contributed by atoms with Crippen molar-refractivity contribution in [3.05, 3.63) is 60.3 Å². The zero-order chi connectivity index (χ0) is 31.4. The normalized spacial score (nSPS) is 19.2. The Labute approximate surface area is 251 Å². The number of nitrogens with zero attached hydrogens (tertiary/aromatic N) is 4. The van der Waals surface area contributed by atoms with Crippen molar-refractivity contribution >= 4 is 29.5 Å². The summed E-state index contributed by atoms with van der Waals surface area (Å²) in [5.41, 5.74) is -1.51. The molecule has 0 bridgehead atoms. The SMILES string of the molecule is CN1N=C2CCN(C(=O)C(COc3ccccn3)NC(=O)C(C)(C)NC(=O)OC(C)(C)C)C[C@@]2(Cc2ccccc2)C1=O. The van der Waals surface area contributed by atoms with Gasteiger partial charge in [-0.15, -0.1) is 0 Å². The number of nitrogens with one attached hydrogen (secondary N) is 2. The molecule has 12 heteroatoms. The van der Waals surface area contributed by atoms with E-state index in [4.69, 9.17) is 9.47 Å². The number of hydrogen-bond donors (Lipinski definition) is 2. The van der Waals surface area contributed by atoms with Gasteiger partial charge in [-0.3, -0.25) is 14.4 Å². The van der Waals surface area contributed by atoms with Gasteiger partial charge in [-0.1, -0.05) is 36.4 Å². The van der Waals surface area contributed by atoms with E-state index in [1.165, 1.54) is 18.9 Å². The summed E-state index contributed by atoms with van der Waals surface area (Å²) in [7, 11) is 1.62. The lowest BCUT2D eigenvalue weighted by molar-refractivity contribution is -0.143. The van der Waals surface area contributed by atoms with Gasteiger partial charge in [-0.25, -0.2) is 14.8 Å². The lowest BCUT2D eigenvalue weighted by atomic mass is 9.73. The zero-order valence-corrected chi connectivity index (χ0v) is 25.5. The van der Waals surface area contributed by atoms with Crippen molar-refractivity contribution < 1.29 is 28.7 Å². The third-order valence-corrected chi connectivity index (χ3v) is 7.29. The van der Waals surface area contributed by atoms with Gasteiger partial charge in [0.05, 0.1) is 5.71 Å². The number of rotatable bonds is 9. The van der Waals surface area contributed by atoms with Crippen molar-refractivity contribution in [1.82, 2.24) is 25.5 Å². The molecule has 2 aromatic rings. The highest BCUT2D eigenvalue weighted by Crippen LogP contribution is 2.38. The Morgan fingerprint density at radius 3 is 2.40 bits per heavy atom. The third-order valence-electron chi connectivity index (χ3n) is 7.29. The molecule has 4 rings (SSSR count). The van der Waals surface area contributed by atoms with Crippen molar-refractivity contribution in [3.8, 4) is 5.88 Å². The van der Waals surface area contributed by atoms with Gasteiger partial charge in [0, 0.05) is 38.8 Å². The molecule has 3 heterocycles. The molecule has 2 N–H and O–H groups in total. The van der Waals surface area contributed by atoms with Crippen LogP contribution in [0.2, 0.25) is 0 Å². The zero-order valence-electron chi connectivity index (χ0n) is 25.5. The van der Waals surface area contributed by atoms with Crippen molar-refractivity contribution in [2.45, 2.75) is 64.6 Å². The van der Waals surface area contributed by atoms with E-state index in [0.29, 0.717) is 19.4 Å². The summed E-state index contributed by atoms with van der Waals surface area (Å²) in [5, 5.41) is 11.2. The Morgan fingerprint density at radius 1 is 1.05 bits per heavy atom. The van der Waals surface area contributed by atoms with Crippen LogP contribution in [0.25, 0.3) is 0 Å². The Kier molecular flexibility index (Phi) is 9.07. The van der Waals surface area contributed by atoms with Crippen LogP contribution in [0.3, 0.4) is 0 Å². The number of hydrogen-bond acceptors (Lipinski definition) is 8. The summed E-state index contributed by atoms with van der Waals surface area (Å²) in [5.74, 6) is -0.943. The molecule has 0 radical (unpaired) electrons. The number of carbonyl (C=O) groups excluding carboxylic acids is 4. The highest BCUT2D eigenvalue weighted by Gasteiger charge is 2.54. The molecule has 0 spiro atoms. The van der Waals surface area contributed by atoms with Crippen molar-refractivity contribution in [1.29, 1.82) is 0 Å². The summed E-state index contributed by atoms with van der Waals surface area (Å²) >= 11 is 0. The van der Waals surface area contributed by atoms with Crippen LogP contribution in [0.5, 0.6) is 5.88 Å². The van der Waals surface area contributed by atoms with Gasteiger partial charge in [-0.05, 0) is 52.7 Å². The largest absolute Gasteiger partial charge is 0.475 e. The summed E-state index contributed by atoms with van der Waals surface area (Å²) < 4.78 is 11.1. The minimum atomic E-state index is -1.42. The third kappa shape index (κ3) is 7.49. The van der Waals surface area contributed by atoms with Crippen molar-refractivity contribution in [2.75, 3.05) is 26.7 Å². The van der Waals surface area contributed by atoms with E-state index < -0.39 is 40.5 Å². The van der Waals surface area contributed by atoms with Crippen LogP contribution >= 0.6 is 0 Å². The first-order valence-corrected chi connectivity index (χ1v) is 14.2. The molecule has 1 aromatic heterocycles. The van der Waals surface area contributed by atoms with Gasteiger partial charge in [0.1, 0.15) is 29.2 Å². The van der Waals surface area contributed by atoms with E-state index in [2.05, 4.69) is 20.7 Å². The van der Waals surface area contributed by atoms with Gasteiger partial charge in [-0.2, -0.15) is 5.10 Å². The van der Waals surface area contributed by atoms with Crippen LogP contribution in [-0.2, 0) is 25.5 Å². The second kappa shape index (κ2) is 12.4. The number of hydrazone groups is 1. The lowest BCUT2D eigenvalue weighted by Crippen LogP contribution is -2.63. The molecule has 230 valence electrons. The lowest BCUT2D eigenvalue weighted by Gasteiger charge is -2.41. The van der Waals surface area contributed by atoms with E-state index >= 15 is 0 Å². The Balaban J connectivity index is 1.56. The van der Waals surface area contributed by atoms with Gasteiger partial charge in [0.2, 0.25) is 17.7 Å². The molecule has 4 amide bonds. The maximum Gasteiger partial charge on any atom is 0.408 e. The molecular formula is C31H40N6O6. The number of ether oxygens (including phenoxy) is 2. The molecule has 2 aliphatic rings. The standard InChI is InChI=1S/C31H40N6O6/c1-29(2,3)43-28(41)34-30(4,5)26(39)33-22(19-42-24-14-10-11-16-32-24)25(38)37-17-15-23-31(20-37,27(40)36(6)35-23)18-21-12-8-7-9-13-21/h7-14,16,22H,15,17-20H2,1-6H3,(H,33,39)(H,34,41)/t22?,31-/m1/s1. The minimum Gasteiger partial charge on any atom is -0.475 e. The van der Waals surface area contributed by atoms with E-state index in [0.717, 1.165) is 11.3 Å². The van der Waals surface area contributed by atoms with Crippen LogP contribution in [0.4, 0.5) is 4.79 Å². The number of aromatic nitrogens is 1. The average Bonchev–Trinajstić information content (AvgIpc) is 3.18. The number of fused-ring (bicyclic) bond motifs is 1. The monoisotopic (exact) mass is 592 g/mol. The maximum atomic E-state index is 14.1. The smallest absolute Gasteiger partial charge is 0.408 e. The van der Waals surface area contributed by atoms with Gasteiger partial charge in [0.15, 0.2) is 0 Å². The fourth-order valence-corrected chi connectivity index (χ4v) is 5.17. The highest BCUT2D eigenvalue weighted by atomic mass is 16.6. The van der Waals surface area contributed by atoms with E-state index in [9.17, 15) is 19.2 Å². The topological polar surface area (TPSA) is 143 Å². The van der Waals surface area contributed by atoms with Gasteiger partial charge < -0.3 is 25.0 Å². The number of amides is 4. The predicted molar refractivity (Wildman–Crippen MR) is 159 cm³/mol. The molecule has 0 saturated carbocycles. The number of carbonyl (C=O) groups is 4. The van der Waals surface area contributed by atoms with Crippen LogP contribution in [0.1, 0.15) is 46.6 Å². The molecule has 0 aliphatic carbocycles. The molecule has 2 atom stereocenters. The Morgan fingerprint density at radius 2 is 1.74 bits per heavy atom. The maximum absolute atomic E-state index is 14.1. The van der Waals surface area contributed by atoms with Gasteiger partial charge in [0.25, 0.3) is 5.91 Å². The molecule has 1 fully saturated rings. The van der Waals surface area contributed by atoms with Crippen molar-refractivity contribution in [2.24, 2.45) is 10.5 Å². The number of pyridine rings is 1. The first-order chi connectivity index (χ1) is 20.2. The summed E-state index contributed by atoms with van der Waals surface area (Å²) in [4.78, 5) is 59.3. The first kappa shape index (κ1) is 31.5. The Bertz CT molecular complexity index is 1370.